The predicted molar refractivity (Wildman–Crippen MR) is 88.7 cm³/mol. The molecule has 22 heavy (non-hydrogen) atoms. The molecule has 2 rings (SSSR count). The van der Waals surface area contributed by atoms with Crippen molar-refractivity contribution in [3.63, 3.8) is 0 Å². The fourth-order valence-electron chi connectivity index (χ4n) is 3.32. The zero-order chi connectivity index (χ0) is 16.4. The molecule has 1 unspecified atom stereocenters. The maximum Gasteiger partial charge on any atom is 0.411 e. The van der Waals surface area contributed by atoms with E-state index in [-0.39, 0.29) is 6.09 Å². The van der Waals surface area contributed by atoms with E-state index in [1.807, 2.05) is 37.8 Å². The highest BCUT2D eigenvalue weighted by molar-refractivity contribution is 5.70. The molecule has 1 saturated heterocycles. The summed E-state index contributed by atoms with van der Waals surface area (Å²) in [5, 5.41) is 0. The number of carbonyl (C=O) groups excluding carboxylic acids is 1. The number of nitrogens with zero attached hydrogens (tertiary/aromatic N) is 1. The Balaban J connectivity index is 2.42. The molecule has 0 radical (unpaired) electrons. The van der Waals surface area contributed by atoms with E-state index in [1.54, 1.807) is 0 Å². The van der Waals surface area contributed by atoms with E-state index in [0.29, 0.717) is 13.1 Å². The molecule has 2 N–H and O–H groups in total. The van der Waals surface area contributed by atoms with Gasteiger partial charge in [0.2, 0.25) is 0 Å². The van der Waals surface area contributed by atoms with Crippen LogP contribution < -0.4 is 5.73 Å². The Morgan fingerprint density at radius 1 is 1.32 bits per heavy atom. The van der Waals surface area contributed by atoms with Crippen LogP contribution in [0.5, 0.6) is 0 Å². The summed E-state index contributed by atoms with van der Waals surface area (Å²) in [4.78, 5) is 14.6. The fourth-order valence-corrected chi connectivity index (χ4v) is 3.32. The lowest BCUT2D eigenvalue weighted by Gasteiger charge is -2.47. The normalized spacial score (nSPS) is 22.5. The average molecular weight is 304 g/mol. The number of amides is 1. The van der Waals surface area contributed by atoms with Crippen molar-refractivity contribution >= 4 is 6.09 Å². The zero-order valence-corrected chi connectivity index (χ0v) is 14.2. The minimum Gasteiger partial charge on any atom is -0.444 e. The van der Waals surface area contributed by atoms with E-state index in [1.165, 1.54) is 5.56 Å². The van der Waals surface area contributed by atoms with Crippen LogP contribution >= 0.6 is 0 Å². The molecule has 0 aromatic heterocycles. The van der Waals surface area contributed by atoms with Crippen molar-refractivity contribution in [1.82, 2.24) is 4.90 Å². The van der Waals surface area contributed by atoms with Crippen LogP contribution in [0.25, 0.3) is 0 Å². The second kappa shape index (κ2) is 6.29. The van der Waals surface area contributed by atoms with E-state index in [0.717, 1.165) is 24.8 Å². The Kier molecular flexibility index (Phi) is 4.81. The SMILES string of the molecule is Cc1ccccc1C1(CN)CCCCN1C(=O)OC(C)(C)C. The maximum absolute atomic E-state index is 12.7. The molecule has 1 fully saturated rings. The first-order valence-electron chi connectivity index (χ1n) is 8.07. The van der Waals surface area contributed by atoms with Gasteiger partial charge in [-0.3, -0.25) is 4.90 Å². The second-order valence-corrected chi connectivity index (χ2v) is 7.14. The van der Waals surface area contributed by atoms with E-state index in [9.17, 15) is 4.79 Å². The van der Waals surface area contributed by atoms with Gasteiger partial charge in [0.15, 0.2) is 0 Å². The monoisotopic (exact) mass is 304 g/mol. The average Bonchev–Trinajstić information content (AvgIpc) is 2.45. The molecule has 1 aliphatic heterocycles. The summed E-state index contributed by atoms with van der Waals surface area (Å²) in [7, 11) is 0. The van der Waals surface area contributed by atoms with Crippen molar-refractivity contribution in [2.75, 3.05) is 13.1 Å². The van der Waals surface area contributed by atoms with Crippen LogP contribution in [0, 0.1) is 6.92 Å². The topological polar surface area (TPSA) is 55.6 Å². The number of hydrogen-bond donors (Lipinski definition) is 1. The Morgan fingerprint density at radius 3 is 2.59 bits per heavy atom. The molecule has 1 atom stereocenters. The molecule has 0 bridgehead atoms. The van der Waals surface area contributed by atoms with Gasteiger partial charge in [0, 0.05) is 13.1 Å². The molecule has 0 saturated carbocycles. The Labute approximate surface area is 133 Å². The molecular formula is C18H28N2O2. The fraction of sp³-hybridized carbons (Fsp3) is 0.611. The predicted octanol–water partition coefficient (Wildman–Crippen LogP) is 3.57. The number of hydrogen-bond acceptors (Lipinski definition) is 3. The summed E-state index contributed by atoms with van der Waals surface area (Å²) in [6.07, 6.45) is 2.69. The highest BCUT2D eigenvalue weighted by Crippen LogP contribution is 2.39. The van der Waals surface area contributed by atoms with E-state index in [4.69, 9.17) is 10.5 Å². The molecule has 1 aromatic rings. The molecule has 122 valence electrons. The molecule has 1 heterocycles. The third kappa shape index (κ3) is 3.27. The summed E-state index contributed by atoms with van der Waals surface area (Å²) < 4.78 is 5.63. The summed E-state index contributed by atoms with van der Waals surface area (Å²) in [6.45, 7) is 8.87. The van der Waals surface area contributed by atoms with E-state index < -0.39 is 11.1 Å². The summed E-state index contributed by atoms with van der Waals surface area (Å²) in [5.41, 5.74) is 7.54. The van der Waals surface area contributed by atoms with Gasteiger partial charge in [0.1, 0.15) is 5.60 Å². The van der Waals surface area contributed by atoms with Crippen molar-refractivity contribution in [3.05, 3.63) is 35.4 Å². The van der Waals surface area contributed by atoms with Crippen molar-refractivity contribution < 1.29 is 9.53 Å². The lowest BCUT2D eigenvalue weighted by Crippen LogP contribution is -2.57. The highest BCUT2D eigenvalue weighted by Gasteiger charge is 2.44. The van der Waals surface area contributed by atoms with Crippen LogP contribution in [0.15, 0.2) is 24.3 Å². The van der Waals surface area contributed by atoms with Gasteiger partial charge in [0.05, 0.1) is 5.54 Å². The molecule has 0 aliphatic carbocycles. The van der Waals surface area contributed by atoms with Crippen molar-refractivity contribution in [2.24, 2.45) is 5.73 Å². The quantitative estimate of drug-likeness (QED) is 0.908. The van der Waals surface area contributed by atoms with Gasteiger partial charge in [-0.05, 0) is 58.1 Å². The van der Waals surface area contributed by atoms with Crippen LogP contribution in [-0.2, 0) is 10.3 Å². The molecule has 0 spiro atoms. The second-order valence-electron chi connectivity index (χ2n) is 7.14. The van der Waals surface area contributed by atoms with Crippen LogP contribution in [0.4, 0.5) is 4.79 Å². The number of rotatable bonds is 2. The number of benzene rings is 1. The molecular weight excluding hydrogens is 276 g/mol. The molecule has 1 amide bonds. The number of aryl methyl sites for hydroxylation is 1. The summed E-state index contributed by atoms with van der Waals surface area (Å²) in [5.74, 6) is 0. The van der Waals surface area contributed by atoms with Crippen LogP contribution in [-0.4, -0.2) is 29.7 Å². The Hall–Kier alpha value is -1.55. The molecule has 4 nitrogen and oxygen atoms in total. The smallest absolute Gasteiger partial charge is 0.411 e. The lowest BCUT2D eigenvalue weighted by atomic mass is 9.78. The minimum absolute atomic E-state index is 0.263. The standard InChI is InChI=1S/C18H28N2O2/c1-14-9-5-6-10-15(14)18(13-19)11-7-8-12-20(18)16(21)22-17(2,3)4/h5-6,9-10H,7-8,11-13,19H2,1-4H3. The zero-order valence-electron chi connectivity index (χ0n) is 14.2. The van der Waals surface area contributed by atoms with Gasteiger partial charge in [-0.1, -0.05) is 24.3 Å². The highest BCUT2D eigenvalue weighted by atomic mass is 16.6. The third-order valence-electron chi connectivity index (χ3n) is 4.34. The van der Waals surface area contributed by atoms with Crippen molar-refractivity contribution in [2.45, 2.75) is 58.1 Å². The first kappa shape index (κ1) is 16.8. The largest absolute Gasteiger partial charge is 0.444 e. The van der Waals surface area contributed by atoms with Gasteiger partial charge in [-0.25, -0.2) is 4.79 Å². The first-order valence-corrected chi connectivity index (χ1v) is 8.07. The van der Waals surface area contributed by atoms with Crippen LogP contribution in [0.1, 0.15) is 51.2 Å². The minimum atomic E-state index is -0.499. The number of nitrogens with two attached hydrogens (primary N) is 1. The number of likely N-dealkylation sites (tertiary alicyclic amines) is 1. The number of piperidine rings is 1. The van der Waals surface area contributed by atoms with Gasteiger partial charge < -0.3 is 10.5 Å². The Bertz CT molecular complexity index is 536. The molecule has 1 aliphatic rings. The lowest BCUT2D eigenvalue weighted by molar-refractivity contribution is -0.0155. The number of ether oxygens (including phenoxy) is 1. The maximum atomic E-state index is 12.7. The van der Waals surface area contributed by atoms with Crippen molar-refractivity contribution in [1.29, 1.82) is 0 Å². The van der Waals surface area contributed by atoms with Gasteiger partial charge in [0.25, 0.3) is 0 Å². The van der Waals surface area contributed by atoms with Gasteiger partial charge in [-0.2, -0.15) is 0 Å². The van der Waals surface area contributed by atoms with E-state index in [2.05, 4.69) is 19.1 Å². The summed E-state index contributed by atoms with van der Waals surface area (Å²) in [6, 6.07) is 8.20. The van der Waals surface area contributed by atoms with E-state index >= 15 is 0 Å². The van der Waals surface area contributed by atoms with Crippen LogP contribution in [0.2, 0.25) is 0 Å². The van der Waals surface area contributed by atoms with Crippen molar-refractivity contribution in [3.8, 4) is 0 Å². The number of carbonyl (C=O) groups is 1. The third-order valence-corrected chi connectivity index (χ3v) is 4.34. The summed E-state index contributed by atoms with van der Waals surface area (Å²) >= 11 is 0. The molecule has 1 aromatic carbocycles. The van der Waals surface area contributed by atoms with Gasteiger partial charge in [-0.15, -0.1) is 0 Å². The van der Waals surface area contributed by atoms with Crippen LogP contribution in [0.3, 0.4) is 0 Å². The Morgan fingerprint density at radius 2 is 2.00 bits per heavy atom. The van der Waals surface area contributed by atoms with Gasteiger partial charge >= 0.3 is 6.09 Å². The molecule has 4 heteroatoms. The first-order chi connectivity index (χ1) is 10.3.